The SMILES string of the molecule is CCOC(=O)c1c(N=P(c2ccccc2)(c2ccccc2)c2ccccc2)c(C#N)nn1-c1ccc(C)cc1. The van der Waals surface area contributed by atoms with Gasteiger partial charge in [-0.15, -0.1) is 0 Å². The first kappa shape index (κ1) is 25.9. The fourth-order valence-corrected chi connectivity index (χ4v) is 8.08. The van der Waals surface area contributed by atoms with Crippen LogP contribution >= 0.6 is 7.05 Å². The van der Waals surface area contributed by atoms with Crippen LogP contribution in [0.2, 0.25) is 0 Å². The molecule has 1 aromatic heterocycles. The van der Waals surface area contributed by atoms with E-state index in [1.165, 1.54) is 4.68 Å². The van der Waals surface area contributed by atoms with Crippen molar-refractivity contribution in [3.8, 4) is 11.8 Å². The Kier molecular flexibility index (Phi) is 7.54. The summed E-state index contributed by atoms with van der Waals surface area (Å²) in [7, 11) is -2.77. The van der Waals surface area contributed by atoms with Gasteiger partial charge in [0, 0.05) is 15.9 Å². The van der Waals surface area contributed by atoms with Crippen molar-refractivity contribution in [3.63, 3.8) is 0 Å². The highest BCUT2D eigenvalue weighted by Gasteiger charge is 2.32. The van der Waals surface area contributed by atoms with Gasteiger partial charge < -0.3 is 4.74 Å². The second-order valence-electron chi connectivity index (χ2n) is 8.87. The minimum atomic E-state index is -2.77. The molecule has 0 aliphatic carbocycles. The molecule has 0 atom stereocenters. The first-order valence-electron chi connectivity index (χ1n) is 12.6. The molecule has 39 heavy (non-hydrogen) atoms. The van der Waals surface area contributed by atoms with Gasteiger partial charge in [-0.3, -0.25) is 0 Å². The van der Waals surface area contributed by atoms with E-state index >= 15 is 0 Å². The quantitative estimate of drug-likeness (QED) is 0.190. The van der Waals surface area contributed by atoms with Crippen LogP contribution < -0.4 is 15.9 Å². The summed E-state index contributed by atoms with van der Waals surface area (Å²) < 4.78 is 12.4. The Bertz CT molecular complexity index is 1590. The highest BCUT2D eigenvalue weighted by molar-refractivity contribution is 7.87. The van der Waals surface area contributed by atoms with Gasteiger partial charge >= 0.3 is 5.97 Å². The number of nitrogens with zero attached hydrogens (tertiary/aromatic N) is 4. The average Bonchev–Trinajstić information content (AvgIpc) is 3.36. The summed E-state index contributed by atoms with van der Waals surface area (Å²) in [6.45, 7) is 3.91. The Morgan fingerprint density at radius 2 is 1.33 bits per heavy atom. The summed E-state index contributed by atoms with van der Waals surface area (Å²) in [5.74, 6) is -0.585. The molecule has 6 nitrogen and oxygen atoms in total. The lowest BCUT2D eigenvalue weighted by Gasteiger charge is -2.27. The third-order valence-electron chi connectivity index (χ3n) is 6.35. The number of hydrogen-bond donors (Lipinski definition) is 0. The van der Waals surface area contributed by atoms with Gasteiger partial charge in [-0.25, -0.2) is 14.2 Å². The van der Waals surface area contributed by atoms with Crippen LogP contribution in [0.4, 0.5) is 5.69 Å². The van der Waals surface area contributed by atoms with E-state index in [1.807, 2.05) is 85.8 Å². The first-order valence-corrected chi connectivity index (χ1v) is 14.4. The number of nitriles is 1. The molecule has 0 fully saturated rings. The van der Waals surface area contributed by atoms with E-state index in [4.69, 9.17) is 9.48 Å². The van der Waals surface area contributed by atoms with Crippen molar-refractivity contribution in [2.75, 3.05) is 6.61 Å². The summed E-state index contributed by atoms with van der Waals surface area (Å²) in [6.07, 6.45) is 0. The summed E-state index contributed by atoms with van der Waals surface area (Å²) in [5, 5.41) is 17.8. The van der Waals surface area contributed by atoms with Crippen LogP contribution in [0.15, 0.2) is 120 Å². The molecule has 0 aliphatic heterocycles. The lowest BCUT2D eigenvalue weighted by molar-refractivity contribution is 0.0517. The van der Waals surface area contributed by atoms with E-state index in [-0.39, 0.29) is 23.7 Å². The molecule has 5 rings (SSSR count). The Morgan fingerprint density at radius 3 is 1.77 bits per heavy atom. The van der Waals surface area contributed by atoms with Crippen LogP contribution in [0.3, 0.4) is 0 Å². The highest BCUT2D eigenvalue weighted by Crippen LogP contribution is 2.50. The van der Waals surface area contributed by atoms with Gasteiger partial charge in [0.1, 0.15) is 11.8 Å². The monoisotopic (exact) mass is 530 g/mol. The predicted octanol–water partition coefficient (Wildman–Crippen LogP) is 6.04. The van der Waals surface area contributed by atoms with E-state index in [1.54, 1.807) is 6.92 Å². The smallest absolute Gasteiger partial charge is 0.359 e. The molecular formula is C32H27N4O2P. The van der Waals surface area contributed by atoms with Crippen LogP contribution in [0.1, 0.15) is 28.7 Å². The maximum atomic E-state index is 13.5. The second kappa shape index (κ2) is 11.3. The number of aryl methyl sites for hydroxylation is 1. The van der Waals surface area contributed by atoms with Crippen LogP contribution in [-0.4, -0.2) is 22.4 Å². The molecule has 1 heterocycles. The Balaban J connectivity index is 1.95. The average molecular weight is 531 g/mol. The van der Waals surface area contributed by atoms with Crippen LogP contribution in [-0.2, 0) is 4.74 Å². The molecule has 0 N–H and O–H groups in total. The number of carbonyl (C=O) groups is 1. The normalized spacial score (nSPS) is 11.0. The van der Waals surface area contributed by atoms with Gasteiger partial charge in [-0.1, -0.05) is 109 Å². The number of carbonyl (C=O) groups excluding carboxylic acids is 1. The van der Waals surface area contributed by atoms with Gasteiger partial charge in [-0.2, -0.15) is 10.4 Å². The summed E-state index contributed by atoms with van der Waals surface area (Å²) in [6, 6.07) is 39.9. The number of benzene rings is 4. The van der Waals surface area contributed by atoms with Crippen molar-refractivity contribution < 1.29 is 9.53 Å². The molecule has 0 bridgehead atoms. The van der Waals surface area contributed by atoms with Gasteiger partial charge in [0.25, 0.3) is 0 Å². The zero-order valence-electron chi connectivity index (χ0n) is 21.7. The molecular weight excluding hydrogens is 503 g/mol. The fourth-order valence-electron chi connectivity index (χ4n) is 4.54. The molecule has 0 spiro atoms. The molecule has 5 aromatic rings. The fraction of sp³-hybridized carbons (Fsp3) is 0.0938. The molecule has 192 valence electrons. The third-order valence-corrected chi connectivity index (χ3v) is 9.99. The molecule has 4 aromatic carbocycles. The summed E-state index contributed by atoms with van der Waals surface area (Å²) >= 11 is 0. The van der Waals surface area contributed by atoms with E-state index in [2.05, 4.69) is 47.6 Å². The Hall–Kier alpha value is -4.72. The van der Waals surface area contributed by atoms with Crippen LogP contribution in [0, 0.1) is 18.3 Å². The number of rotatable bonds is 7. The summed E-state index contributed by atoms with van der Waals surface area (Å²) in [5.41, 5.74) is 2.12. The van der Waals surface area contributed by atoms with E-state index in [9.17, 15) is 10.1 Å². The lowest BCUT2D eigenvalue weighted by Crippen LogP contribution is -2.25. The maximum absolute atomic E-state index is 13.5. The van der Waals surface area contributed by atoms with Crippen LogP contribution in [0.25, 0.3) is 5.69 Å². The molecule has 0 aliphatic rings. The summed E-state index contributed by atoms with van der Waals surface area (Å²) in [4.78, 5) is 13.5. The molecule has 0 unspecified atom stereocenters. The zero-order chi connectivity index (χ0) is 27.2. The third kappa shape index (κ3) is 4.93. The molecule has 0 saturated carbocycles. The van der Waals surface area contributed by atoms with Crippen LogP contribution in [0.5, 0.6) is 0 Å². The number of hydrogen-bond acceptors (Lipinski definition) is 5. The highest BCUT2D eigenvalue weighted by atomic mass is 31.2. The number of aromatic nitrogens is 2. The van der Waals surface area contributed by atoms with Crippen molar-refractivity contribution in [3.05, 3.63) is 132 Å². The van der Waals surface area contributed by atoms with Gasteiger partial charge in [-0.05, 0) is 26.0 Å². The van der Waals surface area contributed by atoms with Gasteiger partial charge in [0.2, 0.25) is 0 Å². The molecule has 7 heteroatoms. The van der Waals surface area contributed by atoms with Crippen molar-refractivity contribution in [1.82, 2.24) is 9.78 Å². The van der Waals surface area contributed by atoms with Crippen molar-refractivity contribution in [1.29, 1.82) is 5.26 Å². The largest absolute Gasteiger partial charge is 0.461 e. The standard InChI is InChI=1S/C32H27N4O2P/c1-3-38-32(37)31-30(29(23-33)34-36(31)25-21-19-24(2)20-22-25)35-39(26-13-7-4-8-14-26,27-15-9-5-10-16-27)28-17-11-6-12-18-28/h4-22H,3H2,1-2H3. The van der Waals surface area contributed by atoms with E-state index in [0.29, 0.717) is 5.69 Å². The van der Waals surface area contributed by atoms with Crippen molar-refractivity contribution in [2.45, 2.75) is 13.8 Å². The first-order chi connectivity index (χ1) is 19.1. The van der Waals surface area contributed by atoms with Gasteiger partial charge in [0.15, 0.2) is 11.4 Å². The maximum Gasteiger partial charge on any atom is 0.359 e. The molecule has 0 radical (unpaired) electrons. The number of ether oxygens (including phenoxy) is 1. The topological polar surface area (TPSA) is 80.3 Å². The van der Waals surface area contributed by atoms with Gasteiger partial charge in [0.05, 0.1) is 19.3 Å². The Labute approximate surface area is 228 Å². The van der Waals surface area contributed by atoms with E-state index < -0.39 is 13.0 Å². The molecule has 0 amide bonds. The lowest BCUT2D eigenvalue weighted by atomic mass is 10.2. The second-order valence-corrected chi connectivity index (χ2v) is 11.9. The minimum Gasteiger partial charge on any atom is -0.461 e. The minimum absolute atomic E-state index is 0.0609. The zero-order valence-corrected chi connectivity index (χ0v) is 22.6. The predicted molar refractivity (Wildman–Crippen MR) is 156 cm³/mol. The van der Waals surface area contributed by atoms with Crippen molar-refractivity contribution in [2.24, 2.45) is 4.74 Å². The van der Waals surface area contributed by atoms with Crippen molar-refractivity contribution >= 4 is 34.6 Å². The Morgan fingerprint density at radius 1 is 0.846 bits per heavy atom. The van der Waals surface area contributed by atoms with E-state index in [0.717, 1.165) is 21.5 Å². The molecule has 0 saturated heterocycles. The number of esters is 1.